The number of rotatable bonds is 1. The summed E-state index contributed by atoms with van der Waals surface area (Å²) in [4.78, 5) is 3.63. The number of hydrogen-bond donors (Lipinski definition) is 2. The van der Waals surface area contributed by atoms with Crippen molar-refractivity contribution in [2.24, 2.45) is 10.7 Å². The van der Waals surface area contributed by atoms with E-state index in [1.807, 2.05) is 0 Å². The summed E-state index contributed by atoms with van der Waals surface area (Å²) in [6.45, 7) is 0. The largest absolute Gasteiger partial charge is 0.468 e. The Morgan fingerprint density at radius 3 is 2.89 bits per heavy atom. The van der Waals surface area contributed by atoms with E-state index in [-0.39, 0.29) is 5.84 Å². The SMILES string of the molecule is N=C(N)C1C=CN=CO1. The van der Waals surface area contributed by atoms with Gasteiger partial charge < -0.3 is 10.5 Å². The van der Waals surface area contributed by atoms with Crippen molar-refractivity contribution in [3.8, 4) is 0 Å². The van der Waals surface area contributed by atoms with Crippen molar-refractivity contribution in [2.45, 2.75) is 6.10 Å². The number of nitrogens with one attached hydrogen (secondary N) is 1. The van der Waals surface area contributed by atoms with Crippen LogP contribution in [0.25, 0.3) is 0 Å². The Balaban J connectivity index is 2.56. The molecular weight excluding hydrogens is 118 g/mol. The minimum absolute atomic E-state index is 0.00241. The molecule has 0 aromatic heterocycles. The molecule has 1 rings (SSSR count). The number of nitrogens with zero attached hydrogens (tertiary/aromatic N) is 1. The lowest BCUT2D eigenvalue weighted by Crippen LogP contribution is -2.29. The van der Waals surface area contributed by atoms with E-state index in [9.17, 15) is 0 Å². The van der Waals surface area contributed by atoms with Gasteiger partial charge >= 0.3 is 0 Å². The number of hydrogen-bond acceptors (Lipinski definition) is 3. The average Bonchev–Trinajstić information content (AvgIpc) is 1.90. The van der Waals surface area contributed by atoms with Crippen LogP contribution in [0.4, 0.5) is 0 Å². The van der Waals surface area contributed by atoms with Gasteiger partial charge in [0.05, 0.1) is 0 Å². The van der Waals surface area contributed by atoms with E-state index in [0.717, 1.165) is 0 Å². The minimum atomic E-state index is -0.414. The molecule has 0 radical (unpaired) electrons. The first-order valence-corrected chi connectivity index (χ1v) is 2.48. The first-order chi connectivity index (χ1) is 4.30. The predicted octanol–water partition coefficient (Wildman–Crippen LogP) is -0.137. The van der Waals surface area contributed by atoms with Crippen molar-refractivity contribution in [1.29, 1.82) is 5.41 Å². The minimum Gasteiger partial charge on any atom is -0.468 e. The summed E-state index contributed by atoms with van der Waals surface area (Å²) in [5.74, 6) is -0.00241. The molecular formula is C5H7N3O. The lowest BCUT2D eigenvalue weighted by Gasteiger charge is -2.10. The normalized spacial score (nSPS) is 23.3. The second-order valence-corrected chi connectivity index (χ2v) is 1.61. The molecule has 1 aliphatic rings. The quantitative estimate of drug-likeness (QED) is 0.378. The summed E-state index contributed by atoms with van der Waals surface area (Å²) in [6.07, 6.45) is 4.02. The van der Waals surface area contributed by atoms with Gasteiger partial charge in [0.25, 0.3) is 0 Å². The van der Waals surface area contributed by atoms with Crippen LogP contribution in [0.15, 0.2) is 17.3 Å². The molecule has 9 heavy (non-hydrogen) atoms. The molecule has 0 aromatic carbocycles. The molecule has 1 heterocycles. The highest BCUT2D eigenvalue weighted by molar-refractivity contribution is 5.85. The Kier molecular flexibility index (Phi) is 1.48. The standard InChI is InChI=1S/C5H7N3O/c6-5(7)4-1-2-8-3-9-4/h1-4H,(H3,6,7). The lowest BCUT2D eigenvalue weighted by molar-refractivity contribution is 0.307. The van der Waals surface area contributed by atoms with Crippen molar-refractivity contribution < 1.29 is 4.74 Å². The van der Waals surface area contributed by atoms with Gasteiger partial charge in [0, 0.05) is 6.20 Å². The molecule has 0 spiro atoms. The molecule has 3 N–H and O–H groups in total. The molecule has 0 bridgehead atoms. The van der Waals surface area contributed by atoms with Crippen LogP contribution in [0.2, 0.25) is 0 Å². The fourth-order valence-electron chi connectivity index (χ4n) is 0.486. The van der Waals surface area contributed by atoms with E-state index < -0.39 is 6.10 Å². The topological polar surface area (TPSA) is 71.5 Å². The summed E-state index contributed by atoms with van der Waals surface area (Å²) >= 11 is 0. The highest BCUT2D eigenvalue weighted by Gasteiger charge is 2.08. The van der Waals surface area contributed by atoms with Crippen molar-refractivity contribution in [3.63, 3.8) is 0 Å². The smallest absolute Gasteiger partial charge is 0.176 e. The maximum Gasteiger partial charge on any atom is 0.176 e. The molecule has 1 atom stereocenters. The molecule has 0 fully saturated rings. The average molecular weight is 125 g/mol. The van der Waals surface area contributed by atoms with Crippen LogP contribution >= 0.6 is 0 Å². The van der Waals surface area contributed by atoms with Crippen molar-refractivity contribution >= 4 is 12.2 Å². The molecule has 48 valence electrons. The summed E-state index contributed by atoms with van der Waals surface area (Å²) in [5.41, 5.74) is 5.11. The second-order valence-electron chi connectivity index (χ2n) is 1.61. The second kappa shape index (κ2) is 2.30. The van der Waals surface area contributed by atoms with Crippen LogP contribution in [-0.4, -0.2) is 18.3 Å². The van der Waals surface area contributed by atoms with Crippen molar-refractivity contribution in [1.82, 2.24) is 0 Å². The van der Waals surface area contributed by atoms with Crippen LogP contribution in [0.5, 0.6) is 0 Å². The van der Waals surface area contributed by atoms with Crippen LogP contribution in [0.1, 0.15) is 0 Å². The fraction of sp³-hybridized carbons (Fsp3) is 0.200. The molecule has 0 amide bonds. The third-order valence-electron chi connectivity index (χ3n) is 0.922. The Hall–Kier alpha value is -1.32. The van der Waals surface area contributed by atoms with Gasteiger partial charge in [-0.05, 0) is 6.08 Å². The fourth-order valence-corrected chi connectivity index (χ4v) is 0.486. The first kappa shape index (κ1) is 5.81. The van der Waals surface area contributed by atoms with Crippen molar-refractivity contribution in [2.75, 3.05) is 0 Å². The lowest BCUT2D eigenvalue weighted by atomic mass is 10.3. The molecule has 1 aliphatic heterocycles. The third-order valence-corrected chi connectivity index (χ3v) is 0.922. The van der Waals surface area contributed by atoms with Gasteiger partial charge in [0.15, 0.2) is 12.5 Å². The van der Waals surface area contributed by atoms with E-state index in [1.54, 1.807) is 12.3 Å². The Labute approximate surface area is 52.5 Å². The van der Waals surface area contributed by atoms with Crippen molar-refractivity contribution in [3.05, 3.63) is 12.3 Å². The van der Waals surface area contributed by atoms with Crippen LogP contribution in [-0.2, 0) is 4.74 Å². The van der Waals surface area contributed by atoms with E-state index in [1.165, 1.54) is 6.40 Å². The Morgan fingerprint density at radius 2 is 2.56 bits per heavy atom. The molecule has 0 saturated heterocycles. The molecule has 0 saturated carbocycles. The van der Waals surface area contributed by atoms with E-state index >= 15 is 0 Å². The number of nitrogens with two attached hydrogens (primary N) is 1. The maximum absolute atomic E-state index is 6.93. The summed E-state index contributed by atoms with van der Waals surface area (Å²) in [5, 5.41) is 6.93. The summed E-state index contributed by atoms with van der Waals surface area (Å²) < 4.78 is 4.81. The van der Waals surface area contributed by atoms with E-state index in [4.69, 9.17) is 15.9 Å². The number of amidine groups is 1. The van der Waals surface area contributed by atoms with Gasteiger partial charge in [0.2, 0.25) is 0 Å². The highest BCUT2D eigenvalue weighted by Crippen LogP contribution is 1.96. The van der Waals surface area contributed by atoms with Gasteiger partial charge in [-0.3, -0.25) is 5.41 Å². The van der Waals surface area contributed by atoms with Gasteiger partial charge in [-0.1, -0.05) is 0 Å². The van der Waals surface area contributed by atoms with Gasteiger partial charge in [-0.25, -0.2) is 4.99 Å². The highest BCUT2D eigenvalue weighted by atomic mass is 16.5. The van der Waals surface area contributed by atoms with Crippen LogP contribution in [0, 0.1) is 5.41 Å². The van der Waals surface area contributed by atoms with Gasteiger partial charge in [-0.2, -0.15) is 0 Å². The predicted molar refractivity (Wildman–Crippen MR) is 34.4 cm³/mol. The van der Waals surface area contributed by atoms with E-state index in [2.05, 4.69) is 4.99 Å². The van der Waals surface area contributed by atoms with Crippen LogP contribution in [0.3, 0.4) is 0 Å². The molecule has 0 aromatic rings. The zero-order chi connectivity index (χ0) is 6.69. The number of aliphatic imine (C=N–C) groups is 1. The maximum atomic E-state index is 6.93. The zero-order valence-electron chi connectivity index (χ0n) is 4.74. The molecule has 4 heteroatoms. The summed E-state index contributed by atoms with van der Waals surface area (Å²) in [7, 11) is 0. The Bertz CT molecular complexity index is 173. The Morgan fingerprint density at radius 1 is 1.78 bits per heavy atom. The molecule has 1 unspecified atom stereocenters. The first-order valence-electron chi connectivity index (χ1n) is 2.48. The number of ether oxygens (including phenoxy) is 1. The monoisotopic (exact) mass is 125 g/mol. The van der Waals surface area contributed by atoms with Gasteiger partial charge in [-0.15, -0.1) is 0 Å². The molecule has 0 aliphatic carbocycles. The van der Waals surface area contributed by atoms with E-state index in [0.29, 0.717) is 0 Å². The summed E-state index contributed by atoms with van der Waals surface area (Å²) in [6, 6.07) is 0. The molecule has 4 nitrogen and oxygen atoms in total. The third kappa shape index (κ3) is 1.28. The van der Waals surface area contributed by atoms with Crippen LogP contribution < -0.4 is 5.73 Å². The zero-order valence-corrected chi connectivity index (χ0v) is 4.74. The van der Waals surface area contributed by atoms with Gasteiger partial charge in [0.1, 0.15) is 5.84 Å².